The number of nitrogens with one attached hydrogen (secondary N) is 3. The van der Waals surface area contributed by atoms with Crippen molar-refractivity contribution in [2.75, 3.05) is 30.3 Å². The molecule has 4 fully saturated rings. The third-order valence-corrected chi connectivity index (χ3v) is 8.07. The molecule has 6 rings (SSSR count). The molecule has 4 saturated carbocycles. The molecule has 11 heteroatoms. The number of hydrogen-bond donors (Lipinski definition) is 4. The van der Waals surface area contributed by atoms with Gasteiger partial charge in [-0.15, -0.1) is 13.2 Å². The largest absolute Gasteiger partial charge is 0.573 e. The van der Waals surface area contributed by atoms with Crippen LogP contribution in [-0.2, 0) is 6.54 Å². The normalized spacial score (nSPS) is 28.1. The van der Waals surface area contributed by atoms with Crippen molar-refractivity contribution in [3.05, 3.63) is 41.6 Å². The topological polar surface area (TPSA) is 115 Å². The lowest BCUT2D eigenvalue weighted by molar-refractivity contribution is -0.274. The fourth-order valence-corrected chi connectivity index (χ4v) is 6.98. The molecule has 2 atom stereocenters. The van der Waals surface area contributed by atoms with Crippen LogP contribution in [0.3, 0.4) is 0 Å². The van der Waals surface area contributed by atoms with Crippen LogP contribution in [0.25, 0.3) is 0 Å². The quantitative estimate of drug-likeness (QED) is 0.374. The fourth-order valence-electron chi connectivity index (χ4n) is 6.98. The Morgan fingerprint density at radius 2 is 1.89 bits per heavy atom. The minimum atomic E-state index is -4.79. The zero-order chi connectivity index (χ0) is 26.0. The summed E-state index contributed by atoms with van der Waals surface area (Å²) < 4.78 is 42.3. The van der Waals surface area contributed by atoms with Gasteiger partial charge < -0.3 is 25.8 Å². The smallest absolute Gasteiger partial charge is 0.405 e. The van der Waals surface area contributed by atoms with Crippen LogP contribution in [0.15, 0.2) is 30.5 Å². The first-order valence-electron chi connectivity index (χ1n) is 12.7. The van der Waals surface area contributed by atoms with E-state index in [-0.39, 0.29) is 30.3 Å². The highest BCUT2D eigenvalue weighted by Gasteiger charge is 2.54. The Hall–Kier alpha value is -3.10. The van der Waals surface area contributed by atoms with Gasteiger partial charge in [0.05, 0.1) is 12.8 Å². The molecule has 1 heterocycles. The maximum absolute atomic E-state index is 12.7. The second-order valence-corrected chi connectivity index (χ2v) is 10.6. The Kier molecular flexibility index (Phi) is 7.14. The highest BCUT2D eigenvalue weighted by Crippen LogP contribution is 2.60. The van der Waals surface area contributed by atoms with Gasteiger partial charge in [-0.25, -0.2) is 4.98 Å². The van der Waals surface area contributed by atoms with Crippen LogP contribution in [-0.4, -0.2) is 47.2 Å². The highest BCUT2D eigenvalue weighted by molar-refractivity contribution is 5.53. The van der Waals surface area contributed by atoms with Crippen molar-refractivity contribution in [1.29, 1.82) is 5.26 Å². The fraction of sp³-hybridized carbons (Fsp3) is 0.577. The zero-order valence-corrected chi connectivity index (χ0v) is 20.4. The van der Waals surface area contributed by atoms with E-state index in [1.54, 1.807) is 6.07 Å². The molecule has 1 aromatic heterocycles. The van der Waals surface area contributed by atoms with Gasteiger partial charge >= 0.3 is 6.36 Å². The molecule has 8 nitrogen and oxygen atoms in total. The van der Waals surface area contributed by atoms with Crippen molar-refractivity contribution in [2.24, 2.45) is 23.2 Å². The molecule has 0 radical (unpaired) electrons. The molecule has 37 heavy (non-hydrogen) atoms. The van der Waals surface area contributed by atoms with E-state index in [1.807, 2.05) is 0 Å². The molecule has 0 spiro atoms. The van der Waals surface area contributed by atoms with Gasteiger partial charge in [-0.2, -0.15) is 10.2 Å². The Labute approximate surface area is 213 Å². The Morgan fingerprint density at radius 1 is 1.14 bits per heavy atom. The van der Waals surface area contributed by atoms with E-state index >= 15 is 0 Å². The number of nitrogens with zero attached hydrogens (tertiary/aromatic N) is 3. The highest BCUT2D eigenvalue weighted by atomic mass is 19.4. The number of hydrogen-bond acceptors (Lipinski definition) is 8. The van der Waals surface area contributed by atoms with Gasteiger partial charge in [0.2, 0.25) is 5.95 Å². The van der Waals surface area contributed by atoms with Gasteiger partial charge in [0.15, 0.2) is 0 Å². The molecule has 1 aromatic carbocycles. The second kappa shape index (κ2) is 10.3. The lowest BCUT2D eigenvalue weighted by Gasteiger charge is -2.60. The number of benzene rings is 1. The number of rotatable bonds is 10. The third-order valence-electron chi connectivity index (χ3n) is 8.07. The average molecular weight is 517 g/mol. The van der Waals surface area contributed by atoms with Crippen LogP contribution < -0.4 is 20.7 Å². The lowest BCUT2D eigenvalue weighted by Crippen LogP contribution is -2.60. The van der Waals surface area contributed by atoms with Crippen LogP contribution in [0.4, 0.5) is 24.9 Å². The molecule has 0 saturated heterocycles. The number of aliphatic hydroxyl groups excluding tert-OH is 1. The molecule has 198 valence electrons. The van der Waals surface area contributed by atoms with E-state index < -0.39 is 6.36 Å². The first-order valence-corrected chi connectivity index (χ1v) is 12.7. The minimum absolute atomic E-state index is 0.0226. The van der Waals surface area contributed by atoms with Gasteiger partial charge in [-0.1, -0.05) is 18.2 Å². The molecule has 0 unspecified atom stereocenters. The molecule has 0 amide bonds. The van der Waals surface area contributed by atoms with Crippen molar-refractivity contribution < 1.29 is 23.0 Å². The summed E-state index contributed by atoms with van der Waals surface area (Å²) in [7, 11) is 0. The summed E-state index contributed by atoms with van der Waals surface area (Å²) >= 11 is 0. The summed E-state index contributed by atoms with van der Waals surface area (Å²) in [6, 6.07) is 8.48. The predicted molar refractivity (Wildman–Crippen MR) is 131 cm³/mol. The van der Waals surface area contributed by atoms with Crippen molar-refractivity contribution in [3.8, 4) is 11.8 Å². The summed E-state index contributed by atoms with van der Waals surface area (Å²) in [6.07, 6.45) is 2.45. The van der Waals surface area contributed by atoms with E-state index in [1.165, 1.54) is 37.2 Å². The SMILES string of the molecule is N#Cc1cnc(NCc2ccccc2OC(F)(F)F)nc1NCC12CC3C[C@@H](C1)C(NCCO)[C@@H](C3)C2. The third kappa shape index (κ3) is 5.75. The molecule has 0 aliphatic heterocycles. The average Bonchev–Trinajstić information content (AvgIpc) is 2.85. The number of aliphatic hydroxyl groups is 1. The second-order valence-electron chi connectivity index (χ2n) is 10.6. The number of aromatic nitrogens is 2. The molecular weight excluding hydrogens is 485 g/mol. The van der Waals surface area contributed by atoms with Crippen LogP contribution >= 0.6 is 0 Å². The summed E-state index contributed by atoms with van der Waals surface area (Å²) in [5.74, 6) is 2.24. The summed E-state index contributed by atoms with van der Waals surface area (Å²) in [4.78, 5) is 8.64. The summed E-state index contributed by atoms with van der Waals surface area (Å²) in [5, 5.41) is 28.8. The standard InChI is InChI=1S/C26H31F3N6O2/c27-26(28,29)37-21-4-2-1-3-17(21)13-32-24-33-14-20(12-30)23(35-24)34-15-25-9-16-7-18(10-25)22(31-5-6-36)19(8-16)11-25/h1-4,14,16,18-19,22,31,36H,5-11,13,15H2,(H2,32,33,34,35)/t16?,18-,19-,22?,25?/m0/s1. The monoisotopic (exact) mass is 516 g/mol. The van der Waals surface area contributed by atoms with Crippen LogP contribution in [0.1, 0.15) is 43.2 Å². The van der Waals surface area contributed by atoms with Gasteiger partial charge in [-0.05, 0) is 61.3 Å². The van der Waals surface area contributed by atoms with Gasteiger partial charge in [0, 0.05) is 31.2 Å². The van der Waals surface area contributed by atoms with E-state index in [0.717, 1.165) is 19.3 Å². The number of ether oxygens (including phenoxy) is 1. The first kappa shape index (κ1) is 25.5. The summed E-state index contributed by atoms with van der Waals surface area (Å²) in [6.45, 7) is 1.50. The van der Waals surface area contributed by atoms with Crippen molar-refractivity contribution in [3.63, 3.8) is 0 Å². The van der Waals surface area contributed by atoms with Crippen LogP contribution in [0.2, 0.25) is 0 Å². The molecule has 4 aliphatic rings. The summed E-state index contributed by atoms with van der Waals surface area (Å²) in [5.41, 5.74) is 0.770. The maximum atomic E-state index is 12.7. The van der Waals surface area contributed by atoms with Gasteiger partial charge in [-0.3, -0.25) is 0 Å². The number of alkyl halides is 3. The molecule has 4 aliphatic carbocycles. The number of anilines is 2. The Balaban J connectivity index is 1.25. The first-order chi connectivity index (χ1) is 17.8. The van der Waals surface area contributed by atoms with E-state index in [9.17, 15) is 23.5 Å². The molecule has 4 bridgehead atoms. The van der Waals surface area contributed by atoms with Crippen LogP contribution in [0.5, 0.6) is 5.75 Å². The van der Waals surface area contributed by atoms with Gasteiger partial charge in [0.1, 0.15) is 23.2 Å². The van der Waals surface area contributed by atoms with E-state index in [0.29, 0.717) is 53.8 Å². The van der Waals surface area contributed by atoms with Crippen molar-refractivity contribution >= 4 is 11.8 Å². The number of para-hydroxylation sites is 1. The maximum Gasteiger partial charge on any atom is 0.573 e. The van der Waals surface area contributed by atoms with E-state index in [4.69, 9.17) is 0 Å². The Bertz CT molecular complexity index is 1140. The minimum Gasteiger partial charge on any atom is -0.405 e. The molecule has 2 aromatic rings. The van der Waals surface area contributed by atoms with Crippen molar-refractivity contribution in [2.45, 2.75) is 51.1 Å². The number of nitriles is 1. The lowest BCUT2D eigenvalue weighted by atomic mass is 9.48. The zero-order valence-electron chi connectivity index (χ0n) is 20.4. The molecular formula is C26H31F3N6O2. The Morgan fingerprint density at radius 3 is 2.59 bits per heavy atom. The molecule has 4 N–H and O–H groups in total. The van der Waals surface area contributed by atoms with E-state index in [2.05, 4.69) is 36.7 Å². The van der Waals surface area contributed by atoms with Crippen molar-refractivity contribution in [1.82, 2.24) is 15.3 Å². The predicted octanol–water partition coefficient (Wildman–Crippen LogP) is 4.05. The van der Waals surface area contributed by atoms with Gasteiger partial charge in [0.25, 0.3) is 0 Å². The van der Waals surface area contributed by atoms with Crippen LogP contribution in [0, 0.1) is 34.5 Å². The number of halogens is 3.